The molecule has 1 fully saturated rings. The van der Waals surface area contributed by atoms with Crippen LogP contribution in [-0.2, 0) is 24.7 Å². The Kier molecular flexibility index (Phi) is 5.10. The number of hydrogen-bond donors (Lipinski definition) is 1. The molecule has 0 saturated carbocycles. The normalized spacial score (nSPS) is 17.3. The SMILES string of the molecule is CO[C@](C)(CNC(=O)CN1C(=O)CCC1=O)c1ccccc1F. The molecule has 0 aliphatic carbocycles. The van der Waals surface area contributed by atoms with E-state index in [2.05, 4.69) is 5.32 Å². The summed E-state index contributed by atoms with van der Waals surface area (Å²) in [7, 11) is 1.42. The number of nitrogens with zero attached hydrogens (tertiary/aromatic N) is 1. The number of benzene rings is 1. The quantitative estimate of drug-likeness (QED) is 0.791. The maximum absolute atomic E-state index is 13.9. The minimum atomic E-state index is -1.06. The van der Waals surface area contributed by atoms with Crippen molar-refractivity contribution in [1.82, 2.24) is 10.2 Å². The maximum atomic E-state index is 13.9. The van der Waals surface area contributed by atoms with E-state index in [0.29, 0.717) is 5.56 Å². The van der Waals surface area contributed by atoms with E-state index >= 15 is 0 Å². The van der Waals surface area contributed by atoms with E-state index in [1.165, 1.54) is 13.2 Å². The monoisotopic (exact) mass is 322 g/mol. The summed E-state index contributed by atoms with van der Waals surface area (Å²) < 4.78 is 19.3. The van der Waals surface area contributed by atoms with Gasteiger partial charge in [-0.15, -0.1) is 0 Å². The maximum Gasteiger partial charge on any atom is 0.240 e. The zero-order valence-electron chi connectivity index (χ0n) is 13.1. The number of carbonyl (C=O) groups is 3. The molecule has 1 aliphatic rings. The van der Waals surface area contributed by atoms with Crippen LogP contribution in [-0.4, -0.2) is 42.8 Å². The molecular formula is C16H19FN2O4. The van der Waals surface area contributed by atoms with Gasteiger partial charge in [0.05, 0.1) is 6.54 Å². The largest absolute Gasteiger partial charge is 0.372 e. The molecule has 1 aliphatic heterocycles. The Hall–Kier alpha value is -2.28. The molecule has 7 heteroatoms. The molecule has 1 heterocycles. The summed E-state index contributed by atoms with van der Waals surface area (Å²) in [5.74, 6) is -1.63. The first-order valence-electron chi connectivity index (χ1n) is 7.27. The molecule has 124 valence electrons. The van der Waals surface area contributed by atoms with Gasteiger partial charge >= 0.3 is 0 Å². The first-order chi connectivity index (χ1) is 10.9. The fourth-order valence-corrected chi connectivity index (χ4v) is 2.43. The number of imide groups is 1. The van der Waals surface area contributed by atoms with Crippen LogP contribution >= 0.6 is 0 Å². The molecule has 6 nitrogen and oxygen atoms in total. The molecule has 3 amide bonds. The van der Waals surface area contributed by atoms with Gasteiger partial charge in [-0.3, -0.25) is 19.3 Å². The summed E-state index contributed by atoms with van der Waals surface area (Å²) in [5.41, 5.74) is -0.740. The number of amides is 3. The molecule has 0 aromatic heterocycles. The van der Waals surface area contributed by atoms with Crippen molar-refractivity contribution in [2.45, 2.75) is 25.4 Å². The Morgan fingerprint density at radius 1 is 1.30 bits per heavy atom. The Labute approximate surface area is 133 Å². The highest BCUT2D eigenvalue weighted by Crippen LogP contribution is 2.26. The number of halogens is 1. The number of hydrogen-bond acceptors (Lipinski definition) is 4. The lowest BCUT2D eigenvalue weighted by molar-refractivity contribution is -0.142. The number of methoxy groups -OCH3 is 1. The molecule has 23 heavy (non-hydrogen) atoms. The smallest absolute Gasteiger partial charge is 0.240 e. The van der Waals surface area contributed by atoms with E-state index in [1.807, 2.05) is 0 Å². The summed E-state index contributed by atoms with van der Waals surface area (Å²) in [6.45, 7) is 1.34. The van der Waals surface area contributed by atoms with Crippen molar-refractivity contribution in [2.24, 2.45) is 0 Å². The van der Waals surface area contributed by atoms with Gasteiger partial charge in [0.2, 0.25) is 17.7 Å². The van der Waals surface area contributed by atoms with Gasteiger partial charge < -0.3 is 10.1 Å². The summed E-state index contributed by atoms with van der Waals surface area (Å²) in [6.07, 6.45) is 0.272. The summed E-state index contributed by atoms with van der Waals surface area (Å²) in [4.78, 5) is 35.9. The van der Waals surface area contributed by atoms with Crippen LogP contribution < -0.4 is 5.32 Å². The van der Waals surface area contributed by atoms with Gasteiger partial charge in [-0.05, 0) is 13.0 Å². The molecule has 0 radical (unpaired) electrons. The fourth-order valence-electron chi connectivity index (χ4n) is 2.43. The van der Waals surface area contributed by atoms with Gasteiger partial charge in [0.1, 0.15) is 18.0 Å². The second kappa shape index (κ2) is 6.87. The predicted octanol–water partition coefficient (Wildman–Crippen LogP) is 0.953. The van der Waals surface area contributed by atoms with Gasteiger partial charge in [0, 0.05) is 25.5 Å². The minimum Gasteiger partial charge on any atom is -0.372 e. The van der Waals surface area contributed by atoms with Crippen LogP contribution in [0, 0.1) is 5.82 Å². The standard InChI is InChI=1S/C16H19FN2O4/c1-16(23-2,11-5-3-4-6-12(11)17)10-18-13(20)9-19-14(21)7-8-15(19)22/h3-6H,7-10H2,1-2H3,(H,18,20)/t16-/m1/s1. The first kappa shape index (κ1) is 17.1. The van der Waals surface area contributed by atoms with Crippen molar-refractivity contribution < 1.29 is 23.5 Å². The number of carbonyl (C=O) groups excluding carboxylic acids is 3. The third-order valence-corrected chi connectivity index (χ3v) is 3.97. The van der Waals surface area contributed by atoms with Crippen LogP contribution in [0.5, 0.6) is 0 Å². The zero-order valence-corrected chi connectivity index (χ0v) is 13.1. The van der Waals surface area contributed by atoms with E-state index in [4.69, 9.17) is 4.74 Å². The molecule has 0 unspecified atom stereocenters. The second-order valence-corrected chi connectivity index (χ2v) is 5.57. The molecular weight excluding hydrogens is 303 g/mol. The van der Waals surface area contributed by atoms with Gasteiger partial charge in [0.15, 0.2) is 0 Å². The van der Waals surface area contributed by atoms with Crippen molar-refractivity contribution >= 4 is 17.7 Å². The average molecular weight is 322 g/mol. The molecule has 0 bridgehead atoms. The second-order valence-electron chi connectivity index (χ2n) is 5.57. The highest BCUT2D eigenvalue weighted by Gasteiger charge is 2.32. The molecule has 1 aromatic rings. The average Bonchev–Trinajstić information content (AvgIpc) is 2.85. The Morgan fingerprint density at radius 2 is 1.91 bits per heavy atom. The Bertz CT molecular complexity index is 618. The molecule has 0 spiro atoms. The zero-order chi connectivity index (χ0) is 17.0. The van der Waals surface area contributed by atoms with Crippen molar-refractivity contribution in [3.8, 4) is 0 Å². The van der Waals surface area contributed by atoms with Crippen LogP contribution in [0.4, 0.5) is 4.39 Å². The predicted molar refractivity (Wildman–Crippen MR) is 79.7 cm³/mol. The number of ether oxygens (including phenoxy) is 1. The first-order valence-corrected chi connectivity index (χ1v) is 7.27. The molecule has 1 saturated heterocycles. The molecule has 1 atom stereocenters. The highest BCUT2D eigenvalue weighted by molar-refractivity contribution is 6.04. The van der Waals surface area contributed by atoms with Crippen LogP contribution in [0.15, 0.2) is 24.3 Å². The van der Waals surface area contributed by atoms with Crippen molar-refractivity contribution in [2.75, 3.05) is 20.2 Å². The lowest BCUT2D eigenvalue weighted by Crippen LogP contribution is -2.45. The third-order valence-electron chi connectivity index (χ3n) is 3.97. The Morgan fingerprint density at radius 3 is 2.48 bits per heavy atom. The lowest BCUT2D eigenvalue weighted by Gasteiger charge is -2.29. The van der Waals surface area contributed by atoms with E-state index < -0.39 is 17.3 Å². The fraction of sp³-hybridized carbons (Fsp3) is 0.438. The number of rotatable bonds is 6. The topological polar surface area (TPSA) is 75.7 Å². The van der Waals surface area contributed by atoms with Gasteiger partial charge in [-0.25, -0.2) is 4.39 Å². The summed E-state index contributed by atoms with van der Waals surface area (Å²) in [5, 5.41) is 2.59. The van der Waals surface area contributed by atoms with E-state index in [1.54, 1.807) is 25.1 Å². The van der Waals surface area contributed by atoms with E-state index in [9.17, 15) is 18.8 Å². The van der Waals surface area contributed by atoms with Crippen molar-refractivity contribution in [3.63, 3.8) is 0 Å². The van der Waals surface area contributed by atoms with Crippen molar-refractivity contribution in [1.29, 1.82) is 0 Å². The highest BCUT2D eigenvalue weighted by atomic mass is 19.1. The van der Waals surface area contributed by atoms with Crippen LogP contribution in [0.1, 0.15) is 25.3 Å². The number of likely N-dealkylation sites (tertiary alicyclic amines) is 1. The molecule has 1 aromatic carbocycles. The lowest BCUT2D eigenvalue weighted by atomic mass is 9.95. The van der Waals surface area contributed by atoms with Gasteiger partial charge in [0.25, 0.3) is 0 Å². The van der Waals surface area contributed by atoms with E-state index in [0.717, 1.165) is 4.90 Å². The van der Waals surface area contributed by atoms with Crippen molar-refractivity contribution in [3.05, 3.63) is 35.6 Å². The Balaban J connectivity index is 2.00. The minimum absolute atomic E-state index is 0.0134. The van der Waals surface area contributed by atoms with Crippen LogP contribution in [0.2, 0.25) is 0 Å². The number of nitrogens with one attached hydrogen (secondary N) is 1. The van der Waals surface area contributed by atoms with Crippen LogP contribution in [0.3, 0.4) is 0 Å². The molecule has 2 rings (SSSR count). The van der Waals surface area contributed by atoms with Gasteiger partial charge in [-0.2, -0.15) is 0 Å². The third kappa shape index (κ3) is 3.73. The summed E-state index contributed by atoms with van der Waals surface area (Å²) in [6, 6.07) is 6.14. The summed E-state index contributed by atoms with van der Waals surface area (Å²) >= 11 is 0. The van der Waals surface area contributed by atoms with Gasteiger partial charge in [-0.1, -0.05) is 18.2 Å². The van der Waals surface area contributed by atoms with E-state index in [-0.39, 0.29) is 37.7 Å². The molecule has 1 N–H and O–H groups in total. The van der Waals surface area contributed by atoms with Crippen LogP contribution in [0.25, 0.3) is 0 Å².